The summed E-state index contributed by atoms with van der Waals surface area (Å²) in [5, 5.41) is 30.0. The van der Waals surface area contributed by atoms with Gasteiger partial charge < -0.3 is 25.4 Å². The van der Waals surface area contributed by atoms with Gasteiger partial charge in [-0.3, -0.25) is 10.1 Å². The van der Waals surface area contributed by atoms with E-state index in [0.717, 1.165) is 6.07 Å². The lowest BCUT2D eigenvalue weighted by Crippen LogP contribution is -2.31. The Labute approximate surface area is 103 Å². The molecule has 1 aromatic rings. The lowest BCUT2D eigenvalue weighted by molar-refractivity contribution is -0.387. The van der Waals surface area contributed by atoms with Crippen molar-refractivity contribution in [3.05, 3.63) is 33.9 Å². The van der Waals surface area contributed by atoms with Crippen LogP contribution in [0.1, 0.15) is 5.56 Å². The van der Waals surface area contributed by atoms with Crippen LogP contribution in [-0.2, 0) is 10.7 Å². The quantitative estimate of drug-likeness (QED) is 0.362. The Balaban J connectivity index is 3.11. The van der Waals surface area contributed by atoms with Gasteiger partial charge in [-0.1, -0.05) is 0 Å². The minimum atomic E-state index is -2.63. The van der Waals surface area contributed by atoms with E-state index in [0.29, 0.717) is 0 Å². The average molecular weight is 258 g/mol. The Morgan fingerprint density at radius 2 is 2.17 bits per heavy atom. The molecule has 0 saturated carbocycles. The first kappa shape index (κ1) is 14.3. The van der Waals surface area contributed by atoms with Crippen molar-refractivity contribution in [2.24, 2.45) is 5.73 Å². The molecule has 0 heterocycles. The zero-order chi connectivity index (χ0) is 13.8. The third kappa shape index (κ3) is 3.14. The summed E-state index contributed by atoms with van der Waals surface area (Å²) in [5.74, 6) is -2.62. The van der Waals surface area contributed by atoms with Crippen molar-refractivity contribution >= 4 is 5.69 Å². The summed E-state index contributed by atoms with van der Waals surface area (Å²) in [7, 11) is 1.28. The standard InChI is InChI=1S/C10H14N2O6/c1-17-9-3-2-7(6-8(9)12(15)16)10(13,14)18-5-4-11/h2-3,6,13-14H,4-5,11H2,1H3. The van der Waals surface area contributed by atoms with Gasteiger partial charge in [0, 0.05) is 18.2 Å². The molecular weight excluding hydrogens is 244 g/mol. The number of ether oxygens (including phenoxy) is 2. The third-order valence-corrected chi connectivity index (χ3v) is 2.17. The van der Waals surface area contributed by atoms with E-state index in [2.05, 4.69) is 0 Å². The van der Waals surface area contributed by atoms with Gasteiger partial charge in [-0.25, -0.2) is 0 Å². The Morgan fingerprint density at radius 3 is 2.67 bits per heavy atom. The van der Waals surface area contributed by atoms with Gasteiger partial charge >= 0.3 is 11.7 Å². The number of benzene rings is 1. The molecule has 0 spiro atoms. The second kappa shape index (κ2) is 5.74. The smallest absolute Gasteiger partial charge is 0.311 e. The van der Waals surface area contributed by atoms with E-state index in [9.17, 15) is 20.3 Å². The molecule has 0 aliphatic heterocycles. The van der Waals surface area contributed by atoms with Crippen molar-refractivity contribution in [1.29, 1.82) is 0 Å². The molecule has 8 heteroatoms. The molecule has 0 aliphatic carbocycles. The summed E-state index contributed by atoms with van der Waals surface area (Å²) in [6, 6.07) is 3.47. The van der Waals surface area contributed by atoms with Crippen molar-refractivity contribution in [2.75, 3.05) is 20.3 Å². The van der Waals surface area contributed by atoms with Crippen molar-refractivity contribution < 1.29 is 24.6 Å². The lowest BCUT2D eigenvalue weighted by atomic mass is 10.1. The highest BCUT2D eigenvalue weighted by atomic mass is 16.8. The van der Waals surface area contributed by atoms with Crippen LogP contribution in [0, 0.1) is 10.1 Å². The molecule has 0 aromatic heterocycles. The maximum atomic E-state index is 10.8. The molecule has 0 amide bonds. The van der Waals surface area contributed by atoms with E-state index in [4.69, 9.17) is 15.2 Å². The van der Waals surface area contributed by atoms with E-state index in [1.165, 1.54) is 19.2 Å². The maximum absolute atomic E-state index is 10.8. The van der Waals surface area contributed by atoms with Crippen molar-refractivity contribution in [1.82, 2.24) is 0 Å². The van der Waals surface area contributed by atoms with E-state index in [-0.39, 0.29) is 30.2 Å². The number of rotatable bonds is 6. The fraction of sp³-hybridized carbons (Fsp3) is 0.400. The summed E-state index contributed by atoms with van der Waals surface area (Å²) in [4.78, 5) is 10.1. The SMILES string of the molecule is COc1ccc(C(O)(O)OCCN)cc1[N+](=O)[O-]. The summed E-state index contributed by atoms with van der Waals surface area (Å²) in [6.45, 7) is -0.0199. The van der Waals surface area contributed by atoms with Crippen LogP contribution < -0.4 is 10.5 Å². The fourth-order valence-electron chi connectivity index (χ4n) is 1.32. The van der Waals surface area contributed by atoms with Crippen molar-refractivity contribution in [3.8, 4) is 5.75 Å². The molecule has 8 nitrogen and oxygen atoms in total. The molecule has 0 unspecified atom stereocenters. The number of aliphatic hydroxyl groups is 2. The molecule has 0 bridgehead atoms. The monoisotopic (exact) mass is 258 g/mol. The molecule has 0 fully saturated rings. The summed E-state index contributed by atoms with van der Waals surface area (Å²) in [6.07, 6.45) is 0. The van der Waals surface area contributed by atoms with E-state index >= 15 is 0 Å². The zero-order valence-electron chi connectivity index (χ0n) is 9.70. The Bertz CT molecular complexity index is 434. The Morgan fingerprint density at radius 1 is 1.50 bits per heavy atom. The number of hydrogen-bond donors (Lipinski definition) is 3. The van der Waals surface area contributed by atoms with Crippen LogP contribution in [0.3, 0.4) is 0 Å². The van der Waals surface area contributed by atoms with Crippen LogP contribution >= 0.6 is 0 Å². The van der Waals surface area contributed by atoms with E-state index in [1.54, 1.807) is 0 Å². The summed E-state index contributed by atoms with van der Waals surface area (Å²) >= 11 is 0. The van der Waals surface area contributed by atoms with Gasteiger partial charge in [0.2, 0.25) is 0 Å². The van der Waals surface area contributed by atoms with E-state index in [1.807, 2.05) is 0 Å². The molecule has 1 rings (SSSR count). The summed E-state index contributed by atoms with van der Waals surface area (Å²) < 4.78 is 9.49. The van der Waals surface area contributed by atoms with Gasteiger partial charge in [0.05, 0.1) is 18.6 Å². The number of methoxy groups -OCH3 is 1. The number of nitro benzene ring substituents is 1. The number of nitrogens with two attached hydrogens (primary N) is 1. The van der Waals surface area contributed by atoms with Crippen LogP contribution in [0.2, 0.25) is 0 Å². The van der Waals surface area contributed by atoms with Gasteiger partial charge in [-0.05, 0) is 12.1 Å². The molecule has 0 saturated heterocycles. The van der Waals surface area contributed by atoms with E-state index < -0.39 is 10.9 Å². The van der Waals surface area contributed by atoms with Gasteiger partial charge in [-0.2, -0.15) is 0 Å². The molecule has 0 radical (unpaired) electrons. The molecule has 4 N–H and O–H groups in total. The Hall–Kier alpha value is -1.74. The highest BCUT2D eigenvalue weighted by Crippen LogP contribution is 2.31. The normalized spacial score (nSPS) is 11.3. The minimum absolute atomic E-state index is 0.0124. The van der Waals surface area contributed by atoms with Gasteiger partial charge in [-0.15, -0.1) is 0 Å². The van der Waals surface area contributed by atoms with Crippen LogP contribution in [0.5, 0.6) is 5.75 Å². The zero-order valence-corrected chi connectivity index (χ0v) is 9.70. The first-order valence-corrected chi connectivity index (χ1v) is 5.04. The largest absolute Gasteiger partial charge is 0.490 e. The molecule has 0 aliphatic rings. The Kier molecular flexibility index (Phi) is 4.56. The molecule has 100 valence electrons. The highest BCUT2D eigenvalue weighted by molar-refractivity contribution is 5.49. The molecular formula is C10H14N2O6. The summed E-state index contributed by atoms with van der Waals surface area (Å²) in [5.41, 5.74) is 4.59. The van der Waals surface area contributed by atoms with Gasteiger partial charge in [0.25, 0.3) is 0 Å². The van der Waals surface area contributed by atoms with Gasteiger partial charge in [0.15, 0.2) is 5.75 Å². The fourth-order valence-corrected chi connectivity index (χ4v) is 1.32. The van der Waals surface area contributed by atoms with Gasteiger partial charge in [0.1, 0.15) is 0 Å². The molecule has 18 heavy (non-hydrogen) atoms. The topological polar surface area (TPSA) is 128 Å². The predicted octanol–water partition coefficient (Wildman–Crippen LogP) is -0.326. The maximum Gasteiger partial charge on any atom is 0.311 e. The highest BCUT2D eigenvalue weighted by Gasteiger charge is 2.30. The second-order valence-electron chi connectivity index (χ2n) is 3.39. The van der Waals surface area contributed by atoms with Crippen LogP contribution in [0.4, 0.5) is 5.69 Å². The van der Waals surface area contributed by atoms with Crippen LogP contribution in [0.15, 0.2) is 18.2 Å². The first-order chi connectivity index (χ1) is 8.42. The van der Waals surface area contributed by atoms with Crippen molar-refractivity contribution in [2.45, 2.75) is 5.97 Å². The second-order valence-corrected chi connectivity index (χ2v) is 3.39. The lowest BCUT2D eigenvalue weighted by Gasteiger charge is -2.21. The molecule has 0 atom stereocenters. The third-order valence-electron chi connectivity index (χ3n) is 2.17. The average Bonchev–Trinajstić information content (AvgIpc) is 2.35. The molecule has 1 aromatic carbocycles. The number of nitrogens with zero attached hydrogens (tertiary/aromatic N) is 1. The number of nitro groups is 1. The van der Waals surface area contributed by atoms with Crippen LogP contribution in [-0.4, -0.2) is 35.4 Å². The first-order valence-electron chi connectivity index (χ1n) is 5.04. The predicted molar refractivity (Wildman–Crippen MR) is 60.8 cm³/mol. The number of hydrogen-bond acceptors (Lipinski definition) is 7. The van der Waals surface area contributed by atoms with Crippen LogP contribution in [0.25, 0.3) is 0 Å². The minimum Gasteiger partial charge on any atom is -0.490 e. The van der Waals surface area contributed by atoms with Crippen molar-refractivity contribution in [3.63, 3.8) is 0 Å².